The van der Waals surface area contributed by atoms with Gasteiger partial charge in [-0.1, -0.05) is 13.8 Å². The molecule has 0 bridgehead atoms. The fourth-order valence-electron chi connectivity index (χ4n) is 3.40. The summed E-state index contributed by atoms with van der Waals surface area (Å²) < 4.78 is 26.6. The molecule has 28 heavy (non-hydrogen) atoms. The molecule has 1 saturated heterocycles. The van der Waals surface area contributed by atoms with E-state index in [0.29, 0.717) is 30.3 Å². The van der Waals surface area contributed by atoms with Crippen LogP contribution in [0.3, 0.4) is 0 Å². The summed E-state index contributed by atoms with van der Waals surface area (Å²) in [4.78, 5) is 11.1. The molecule has 2 heterocycles. The number of anilines is 4. The molecule has 3 N–H and O–H groups in total. The Bertz CT molecular complexity index is 891. The predicted octanol–water partition coefficient (Wildman–Crippen LogP) is 2.82. The highest BCUT2D eigenvalue weighted by Crippen LogP contribution is 2.30. The van der Waals surface area contributed by atoms with E-state index in [1.54, 1.807) is 24.3 Å². The molecule has 1 aliphatic rings. The molecular weight excluding hydrogens is 376 g/mol. The third-order valence-electron chi connectivity index (χ3n) is 4.98. The molecule has 0 spiro atoms. The largest absolute Gasteiger partial charge is 0.393 e. The minimum atomic E-state index is -3.47. The van der Waals surface area contributed by atoms with Gasteiger partial charge in [-0.15, -0.1) is 0 Å². The Balaban J connectivity index is 1.79. The second-order valence-corrected chi connectivity index (χ2v) is 8.68. The van der Waals surface area contributed by atoms with Crippen molar-refractivity contribution < 1.29 is 8.42 Å². The molecule has 152 valence electrons. The Morgan fingerprint density at radius 1 is 1.07 bits per heavy atom. The molecule has 9 heteroatoms. The Kier molecular flexibility index (Phi) is 6.35. The predicted molar refractivity (Wildman–Crippen MR) is 112 cm³/mol. The fourth-order valence-corrected chi connectivity index (χ4v) is 4.86. The van der Waals surface area contributed by atoms with E-state index in [1.807, 2.05) is 13.8 Å². The summed E-state index contributed by atoms with van der Waals surface area (Å²) in [6, 6.07) is 6.63. The number of nitrogen functional groups attached to an aromatic ring is 1. The Hall–Kier alpha value is -2.39. The lowest BCUT2D eigenvalue weighted by molar-refractivity contribution is 0.445. The molecule has 0 atom stereocenters. The number of piperidine rings is 1. The summed E-state index contributed by atoms with van der Waals surface area (Å²) in [5.74, 6) is 1.27. The lowest BCUT2D eigenvalue weighted by Crippen LogP contribution is -2.31. The standard InChI is InChI=1S/C19H28N6O2S/c1-3-25(4-2)28(26,27)16-10-8-15(9-11-16)23-18-17(20)19(22-14-21-18)24-12-6-5-7-13-24/h8-11,14H,3-7,12-13,20H2,1-2H3,(H,21,22,23). The first-order valence-electron chi connectivity index (χ1n) is 9.70. The van der Waals surface area contributed by atoms with Crippen molar-refractivity contribution in [3.05, 3.63) is 30.6 Å². The van der Waals surface area contributed by atoms with E-state index in [2.05, 4.69) is 20.2 Å². The second-order valence-electron chi connectivity index (χ2n) is 6.75. The lowest BCUT2D eigenvalue weighted by Gasteiger charge is -2.28. The van der Waals surface area contributed by atoms with Crippen LogP contribution in [-0.4, -0.2) is 48.9 Å². The van der Waals surface area contributed by atoms with Crippen molar-refractivity contribution in [2.45, 2.75) is 38.0 Å². The van der Waals surface area contributed by atoms with Gasteiger partial charge in [-0.3, -0.25) is 0 Å². The van der Waals surface area contributed by atoms with Crippen LogP contribution in [0.15, 0.2) is 35.5 Å². The highest BCUT2D eigenvalue weighted by molar-refractivity contribution is 7.89. The smallest absolute Gasteiger partial charge is 0.243 e. The maximum absolute atomic E-state index is 12.6. The number of sulfonamides is 1. The molecule has 0 aliphatic carbocycles. The molecule has 3 rings (SSSR count). The van der Waals surface area contributed by atoms with E-state index in [9.17, 15) is 8.42 Å². The van der Waals surface area contributed by atoms with Crippen molar-refractivity contribution in [3.8, 4) is 0 Å². The number of benzene rings is 1. The summed E-state index contributed by atoms with van der Waals surface area (Å²) in [6.07, 6.45) is 5.00. The molecule has 0 saturated carbocycles. The molecule has 1 aromatic carbocycles. The van der Waals surface area contributed by atoms with Crippen LogP contribution in [-0.2, 0) is 10.0 Å². The molecular formula is C19H28N6O2S. The summed E-state index contributed by atoms with van der Waals surface area (Å²) in [7, 11) is -3.47. The van der Waals surface area contributed by atoms with Crippen LogP contribution in [0.2, 0.25) is 0 Å². The van der Waals surface area contributed by atoms with Crippen molar-refractivity contribution in [1.29, 1.82) is 0 Å². The number of nitrogens with zero attached hydrogens (tertiary/aromatic N) is 4. The average Bonchev–Trinajstić information content (AvgIpc) is 2.71. The Morgan fingerprint density at radius 2 is 1.71 bits per heavy atom. The van der Waals surface area contributed by atoms with Gasteiger partial charge in [-0.05, 0) is 43.5 Å². The zero-order valence-electron chi connectivity index (χ0n) is 16.4. The minimum absolute atomic E-state index is 0.270. The first kappa shape index (κ1) is 20.3. The summed E-state index contributed by atoms with van der Waals surface area (Å²) in [6.45, 7) is 6.42. The van der Waals surface area contributed by atoms with Gasteiger partial charge >= 0.3 is 0 Å². The number of rotatable bonds is 7. The molecule has 8 nitrogen and oxygen atoms in total. The quantitative estimate of drug-likeness (QED) is 0.731. The number of aromatic nitrogens is 2. The van der Waals surface area contributed by atoms with Crippen molar-refractivity contribution >= 4 is 33.0 Å². The van der Waals surface area contributed by atoms with E-state index in [4.69, 9.17) is 5.73 Å². The van der Waals surface area contributed by atoms with Gasteiger partial charge in [-0.25, -0.2) is 18.4 Å². The summed E-state index contributed by atoms with van der Waals surface area (Å²) in [5.41, 5.74) is 7.53. The van der Waals surface area contributed by atoms with E-state index < -0.39 is 10.0 Å². The minimum Gasteiger partial charge on any atom is -0.393 e. The highest BCUT2D eigenvalue weighted by Gasteiger charge is 2.21. The molecule has 1 aliphatic heterocycles. The van der Waals surface area contributed by atoms with E-state index in [1.165, 1.54) is 17.1 Å². The number of hydrogen-bond donors (Lipinski definition) is 2. The zero-order chi connectivity index (χ0) is 20.1. The van der Waals surface area contributed by atoms with E-state index in [0.717, 1.165) is 31.7 Å². The average molecular weight is 405 g/mol. The normalized spacial score (nSPS) is 15.0. The zero-order valence-corrected chi connectivity index (χ0v) is 17.2. The van der Waals surface area contributed by atoms with Crippen LogP contribution in [0.5, 0.6) is 0 Å². The van der Waals surface area contributed by atoms with Gasteiger partial charge in [0.2, 0.25) is 10.0 Å². The van der Waals surface area contributed by atoms with Gasteiger partial charge in [0.05, 0.1) is 4.90 Å². The molecule has 0 unspecified atom stereocenters. The molecule has 2 aromatic rings. The number of nitrogens with one attached hydrogen (secondary N) is 1. The monoisotopic (exact) mass is 404 g/mol. The molecule has 0 radical (unpaired) electrons. The molecule has 1 fully saturated rings. The fraction of sp³-hybridized carbons (Fsp3) is 0.474. The third kappa shape index (κ3) is 4.20. The SMILES string of the molecule is CCN(CC)S(=O)(=O)c1ccc(Nc2ncnc(N3CCCCC3)c2N)cc1. The Labute approximate surface area is 166 Å². The van der Waals surface area contributed by atoms with Gasteiger partial charge in [0, 0.05) is 31.9 Å². The van der Waals surface area contributed by atoms with Gasteiger partial charge in [0.15, 0.2) is 11.6 Å². The van der Waals surface area contributed by atoms with Gasteiger partial charge in [0.25, 0.3) is 0 Å². The van der Waals surface area contributed by atoms with Crippen LogP contribution in [0.4, 0.5) is 23.0 Å². The molecule has 0 amide bonds. The van der Waals surface area contributed by atoms with Crippen molar-refractivity contribution in [1.82, 2.24) is 14.3 Å². The van der Waals surface area contributed by atoms with E-state index >= 15 is 0 Å². The van der Waals surface area contributed by atoms with Gasteiger partial charge < -0.3 is 16.0 Å². The van der Waals surface area contributed by atoms with E-state index in [-0.39, 0.29) is 4.90 Å². The maximum atomic E-state index is 12.6. The van der Waals surface area contributed by atoms with Crippen molar-refractivity contribution in [2.24, 2.45) is 0 Å². The first-order chi connectivity index (χ1) is 13.5. The third-order valence-corrected chi connectivity index (χ3v) is 7.04. The van der Waals surface area contributed by atoms with Crippen LogP contribution in [0.25, 0.3) is 0 Å². The van der Waals surface area contributed by atoms with Crippen LogP contribution in [0, 0.1) is 0 Å². The van der Waals surface area contributed by atoms with Gasteiger partial charge in [-0.2, -0.15) is 4.31 Å². The van der Waals surface area contributed by atoms with Crippen molar-refractivity contribution in [2.75, 3.05) is 42.1 Å². The molecule has 1 aromatic heterocycles. The summed E-state index contributed by atoms with van der Waals surface area (Å²) >= 11 is 0. The number of hydrogen-bond acceptors (Lipinski definition) is 7. The topological polar surface area (TPSA) is 104 Å². The van der Waals surface area contributed by atoms with Crippen LogP contribution in [0.1, 0.15) is 33.1 Å². The van der Waals surface area contributed by atoms with Crippen LogP contribution < -0.4 is 16.0 Å². The van der Waals surface area contributed by atoms with Crippen molar-refractivity contribution in [3.63, 3.8) is 0 Å². The van der Waals surface area contributed by atoms with Crippen LogP contribution >= 0.6 is 0 Å². The van der Waals surface area contributed by atoms with Gasteiger partial charge in [0.1, 0.15) is 12.0 Å². The lowest BCUT2D eigenvalue weighted by atomic mass is 10.1. The second kappa shape index (κ2) is 8.74. The number of nitrogens with two attached hydrogens (primary N) is 1. The Morgan fingerprint density at radius 3 is 2.32 bits per heavy atom. The highest BCUT2D eigenvalue weighted by atomic mass is 32.2. The maximum Gasteiger partial charge on any atom is 0.243 e. The summed E-state index contributed by atoms with van der Waals surface area (Å²) in [5, 5.41) is 3.18. The first-order valence-corrected chi connectivity index (χ1v) is 11.1.